The number of hydrogen-bond acceptors (Lipinski definition) is 5. The number of thioether (sulfide) groups is 1. The number of carbonyl (C=O) groups excluding carboxylic acids is 3. The lowest BCUT2D eigenvalue weighted by molar-refractivity contribution is -0.121. The number of hydrogen-bond donors (Lipinski definition) is 1. The van der Waals surface area contributed by atoms with Crippen LogP contribution in [0, 0.1) is 0 Å². The topological polar surface area (TPSA) is 84.3 Å². The maximum absolute atomic E-state index is 13.0. The smallest absolute Gasteiger partial charge is 0.256 e. The second-order valence-electron chi connectivity index (χ2n) is 7.28. The standard InChI is InChI=1S/C22H17ClN4O3S/c23-14-3-7-16(8-4-14)27-21(17-11-31-12-18(17)25-27)24-22(30)13-1-5-15(6-2-13)26-19(28)9-10-20(26)29/h1-8H,9-12H2,(H,24,30). The van der Waals surface area contributed by atoms with Gasteiger partial charge in [-0.2, -0.15) is 16.9 Å². The minimum absolute atomic E-state index is 0.220. The quantitative estimate of drug-likeness (QED) is 0.600. The molecule has 7 nitrogen and oxygen atoms in total. The summed E-state index contributed by atoms with van der Waals surface area (Å²) in [6.07, 6.45) is 0.442. The van der Waals surface area contributed by atoms with E-state index in [-0.39, 0.29) is 30.6 Å². The molecule has 156 valence electrons. The normalized spacial score (nSPS) is 15.5. The molecule has 0 aliphatic carbocycles. The molecule has 3 heterocycles. The zero-order chi connectivity index (χ0) is 21.5. The monoisotopic (exact) mass is 452 g/mol. The molecule has 0 radical (unpaired) electrons. The number of imide groups is 1. The van der Waals surface area contributed by atoms with Crippen molar-refractivity contribution >= 4 is 52.6 Å². The predicted octanol–water partition coefficient (Wildman–Crippen LogP) is 4.18. The molecule has 9 heteroatoms. The molecule has 0 unspecified atom stereocenters. The van der Waals surface area contributed by atoms with Crippen LogP contribution >= 0.6 is 23.4 Å². The molecule has 1 aromatic heterocycles. The Bertz CT molecular complexity index is 1190. The molecule has 31 heavy (non-hydrogen) atoms. The van der Waals surface area contributed by atoms with Crippen LogP contribution in [-0.2, 0) is 21.1 Å². The second-order valence-corrected chi connectivity index (χ2v) is 8.70. The third-order valence-corrected chi connectivity index (χ3v) is 6.52. The highest BCUT2D eigenvalue weighted by molar-refractivity contribution is 7.98. The number of nitrogens with zero attached hydrogens (tertiary/aromatic N) is 3. The van der Waals surface area contributed by atoms with Crippen LogP contribution in [0.25, 0.3) is 5.69 Å². The molecule has 0 saturated carbocycles. The van der Waals surface area contributed by atoms with Gasteiger partial charge < -0.3 is 5.32 Å². The Balaban J connectivity index is 1.42. The van der Waals surface area contributed by atoms with Gasteiger partial charge >= 0.3 is 0 Å². The van der Waals surface area contributed by atoms with Gasteiger partial charge in [0, 0.05) is 40.5 Å². The van der Waals surface area contributed by atoms with Gasteiger partial charge in [-0.1, -0.05) is 11.6 Å². The first-order valence-electron chi connectivity index (χ1n) is 9.73. The second kappa shape index (κ2) is 7.86. The summed E-state index contributed by atoms with van der Waals surface area (Å²) in [6, 6.07) is 13.7. The third-order valence-electron chi connectivity index (χ3n) is 5.29. The molecular formula is C22H17ClN4O3S. The Morgan fingerprint density at radius 1 is 0.935 bits per heavy atom. The average Bonchev–Trinajstić information content (AvgIpc) is 3.45. The maximum atomic E-state index is 13.0. The first-order chi connectivity index (χ1) is 15.0. The van der Waals surface area contributed by atoms with Gasteiger partial charge in [-0.25, -0.2) is 4.68 Å². The van der Waals surface area contributed by atoms with E-state index in [0.717, 1.165) is 28.5 Å². The summed E-state index contributed by atoms with van der Waals surface area (Å²) in [7, 11) is 0. The number of fused-ring (bicyclic) bond motifs is 1. The lowest BCUT2D eigenvalue weighted by Crippen LogP contribution is -2.28. The van der Waals surface area contributed by atoms with Gasteiger partial charge in [-0.15, -0.1) is 0 Å². The number of aromatic nitrogens is 2. The maximum Gasteiger partial charge on any atom is 0.256 e. The molecule has 1 fully saturated rings. The van der Waals surface area contributed by atoms with Crippen molar-refractivity contribution in [2.24, 2.45) is 0 Å². The first-order valence-corrected chi connectivity index (χ1v) is 11.3. The molecule has 0 atom stereocenters. The highest BCUT2D eigenvalue weighted by Gasteiger charge is 2.30. The molecular weight excluding hydrogens is 436 g/mol. The van der Waals surface area contributed by atoms with Gasteiger partial charge in [0.2, 0.25) is 11.8 Å². The summed E-state index contributed by atoms with van der Waals surface area (Å²) in [5.74, 6) is 1.48. The third kappa shape index (κ3) is 3.62. The van der Waals surface area contributed by atoms with Crippen molar-refractivity contribution in [1.29, 1.82) is 0 Å². The molecule has 1 saturated heterocycles. The fourth-order valence-electron chi connectivity index (χ4n) is 3.72. The number of halogens is 1. The minimum Gasteiger partial charge on any atom is -0.306 e. The largest absolute Gasteiger partial charge is 0.306 e. The predicted molar refractivity (Wildman–Crippen MR) is 120 cm³/mol. The van der Waals surface area contributed by atoms with E-state index >= 15 is 0 Å². The van der Waals surface area contributed by atoms with E-state index in [1.165, 1.54) is 4.90 Å². The fourth-order valence-corrected chi connectivity index (χ4v) is 4.88. The lowest BCUT2D eigenvalue weighted by Gasteiger charge is -2.14. The Morgan fingerprint density at radius 3 is 2.26 bits per heavy atom. The van der Waals surface area contributed by atoms with E-state index in [1.54, 1.807) is 52.8 Å². The molecule has 2 aliphatic rings. The number of rotatable bonds is 4. The van der Waals surface area contributed by atoms with Crippen LogP contribution in [0.3, 0.4) is 0 Å². The van der Waals surface area contributed by atoms with Gasteiger partial charge in [0.05, 0.1) is 17.1 Å². The molecule has 1 N–H and O–H groups in total. The van der Waals surface area contributed by atoms with Crippen molar-refractivity contribution in [3.05, 3.63) is 70.4 Å². The minimum atomic E-state index is -0.291. The highest BCUT2D eigenvalue weighted by atomic mass is 35.5. The van der Waals surface area contributed by atoms with E-state index in [2.05, 4.69) is 10.4 Å². The van der Waals surface area contributed by atoms with Crippen molar-refractivity contribution in [3.63, 3.8) is 0 Å². The van der Waals surface area contributed by atoms with Crippen LogP contribution in [0.15, 0.2) is 48.5 Å². The number of anilines is 2. The number of amides is 3. The van der Waals surface area contributed by atoms with Crippen molar-refractivity contribution < 1.29 is 14.4 Å². The highest BCUT2D eigenvalue weighted by Crippen LogP contribution is 2.36. The molecule has 3 aromatic rings. The Kier molecular flexibility index (Phi) is 5.03. The molecule has 0 bridgehead atoms. The Hall–Kier alpha value is -3.10. The van der Waals surface area contributed by atoms with Crippen molar-refractivity contribution in [2.75, 3.05) is 10.2 Å². The lowest BCUT2D eigenvalue weighted by atomic mass is 10.1. The van der Waals surface area contributed by atoms with E-state index in [9.17, 15) is 14.4 Å². The molecule has 2 aliphatic heterocycles. The number of benzene rings is 2. The van der Waals surface area contributed by atoms with Crippen LogP contribution in [-0.4, -0.2) is 27.5 Å². The van der Waals surface area contributed by atoms with E-state index in [1.807, 2.05) is 12.1 Å². The molecule has 2 aromatic carbocycles. The van der Waals surface area contributed by atoms with Crippen LogP contribution in [0.1, 0.15) is 34.5 Å². The van der Waals surface area contributed by atoms with Crippen LogP contribution in [0.4, 0.5) is 11.5 Å². The summed E-state index contributed by atoms with van der Waals surface area (Å²) >= 11 is 7.76. The zero-order valence-corrected chi connectivity index (χ0v) is 17.9. The summed E-state index contributed by atoms with van der Waals surface area (Å²) in [4.78, 5) is 38.0. The van der Waals surface area contributed by atoms with E-state index in [0.29, 0.717) is 22.1 Å². The average molecular weight is 453 g/mol. The van der Waals surface area contributed by atoms with Crippen LogP contribution in [0.2, 0.25) is 5.02 Å². The van der Waals surface area contributed by atoms with Crippen molar-refractivity contribution in [2.45, 2.75) is 24.3 Å². The van der Waals surface area contributed by atoms with Gasteiger partial charge in [0.25, 0.3) is 5.91 Å². The molecule has 0 spiro atoms. The van der Waals surface area contributed by atoms with Gasteiger partial charge in [-0.05, 0) is 48.5 Å². The SMILES string of the molecule is O=C(Nc1c2c(nn1-c1ccc(Cl)cc1)CSC2)c1ccc(N2C(=O)CCC2=O)cc1. The summed E-state index contributed by atoms with van der Waals surface area (Å²) < 4.78 is 1.73. The van der Waals surface area contributed by atoms with Gasteiger partial charge in [0.15, 0.2) is 0 Å². The fraction of sp³-hybridized carbons (Fsp3) is 0.182. The zero-order valence-electron chi connectivity index (χ0n) is 16.3. The number of nitrogens with one attached hydrogen (secondary N) is 1. The summed E-state index contributed by atoms with van der Waals surface area (Å²) in [5.41, 5.74) is 3.67. The summed E-state index contributed by atoms with van der Waals surface area (Å²) in [6.45, 7) is 0. The van der Waals surface area contributed by atoms with Crippen LogP contribution in [0.5, 0.6) is 0 Å². The summed E-state index contributed by atoms with van der Waals surface area (Å²) in [5, 5.41) is 8.30. The number of carbonyl (C=O) groups is 3. The van der Waals surface area contributed by atoms with Crippen molar-refractivity contribution in [1.82, 2.24) is 9.78 Å². The Morgan fingerprint density at radius 2 is 1.58 bits per heavy atom. The van der Waals surface area contributed by atoms with E-state index < -0.39 is 0 Å². The molecule has 3 amide bonds. The van der Waals surface area contributed by atoms with Crippen molar-refractivity contribution in [3.8, 4) is 5.69 Å². The van der Waals surface area contributed by atoms with Gasteiger partial charge in [-0.3, -0.25) is 19.3 Å². The first kappa shape index (κ1) is 19.8. The van der Waals surface area contributed by atoms with Crippen LogP contribution < -0.4 is 10.2 Å². The Labute approximate surface area is 187 Å². The van der Waals surface area contributed by atoms with Gasteiger partial charge in [0.1, 0.15) is 5.82 Å². The molecule has 5 rings (SSSR count). The van der Waals surface area contributed by atoms with E-state index in [4.69, 9.17) is 11.6 Å².